The number of benzene rings is 1. The molecule has 0 fully saturated rings. The van der Waals surface area contributed by atoms with Gasteiger partial charge in [0.15, 0.2) is 0 Å². The molecule has 0 aliphatic rings. The van der Waals surface area contributed by atoms with Crippen LogP contribution in [0.25, 0.3) is 0 Å². The number of hydrogen-bond donors (Lipinski definition) is 2. The number of carbonyl (C=O) groups excluding carboxylic acids is 1. The summed E-state index contributed by atoms with van der Waals surface area (Å²) in [6.07, 6.45) is 0. The van der Waals surface area contributed by atoms with Crippen molar-refractivity contribution < 1.29 is 14.3 Å². The van der Waals surface area contributed by atoms with E-state index in [-0.39, 0.29) is 5.91 Å². The van der Waals surface area contributed by atoms with Gasteiger partial charge >= 0.3 is 0 Å². The normalized spacial score (nSPS) is 10.1. The highest BCUT2D eigenvalue weighted by Crippen LogP contribution is 2.23. The number of carbonyl (C=O) groups is 1. The number of amides is 1. The van der Waals surface area contributed by atoms with Crippen molar-refractivity contribution in [3.63, 3.8) is 0 Å². The van der Waals surface area contributed by atoms with Crippen LogP contribution in [0.3, 0.4) is 0 Å². The first-order valence-electron chi connectivity index (χ1n) is 6.84. The molecule has 0 aliphatic carbocycles. The monoisotopic (exact) mass is 321 g/mol. The van der Waals surface area contributed by atoms with Crippen molar-refractivity contribution in [2.24, 2.45) is 0 Å². The lowest BCUT2D eigenvalue weighted by atomic mass is 10.2. The molecular formula is C15H19N3O3S. The molecule has 2 rings (SSSR count). The summed E-state index contributed by atoms with van der Waals surface area (Å²) in [5, 5.41) is 6.58. The first kappa shape index (κ1) is 16.1. The summed E-state index contributed by atoms with van der Waals surface area (Å²) in [4.78, 5) is 12.1. The number of aromatic nitrogens is 1. The third kappa shape index (κ3) is 3.88. The molecule has 6 nitrogen and oxygen atoms in total. The Morgan fingerprint density at radius 3 is 2.59 bits per heavy atom. The summed E-state index contributed by atoms with van der Waals surface area (Å²) in [7, 11) is 3.39. The van der Waals surface area contributed by atoms with Crippen LogP contribution in [0.4, 0.5) is 5.00 Å². The predicted molar refractivity (Wildman–Crippen MR) is 87.2 cm³/mol. The van der Waals surface area contributed by atoms with Gasteiger partial charge in [-0.05, 0) is 42.7 Å². The largest absolute Gasteiger partial charge is 0.497 e. The van der Waals surface area contributed by atoms with Crippen LogP contribution in [0.15, 0.2) is 24.3 Å². The Kier molecular flexibility index (Phi) is 5.60. The zero-order valence-corrected chi connectivity index (χ0v) is 13.6. The zero-order chi connectivity index (χ0) is 15.9. The van der Waals surface area contributed by atoms with Gasteiger partial charge in [0.05, 0.1) is 24.9 Å². The number of anilines is 1. The molecule has 0 spiro atoms. The second-order valence-electron chi connectivity index (χ2n) is 4.50. The first-order valence-corrected chi connectivity index (χ1v) is 7.62. The average molecular weight is 321 g/mol. The lowest BCUT2D eigenvalue weighted by molar-refractivity contribution is 0.0947. The Morgan fingerprint density at radius 1 is 1.27 bits per heavy atom. The molecule has 0 atom stereocenters. The number of nitrogens with zero attached hydrogens (tertiary/aromatic N) is 1. The maximum Gasteiger partial charge on any atom is 0.256 e. The number of rotatable bonds is 7. The van der Waals surface area contributed by atoms with E-state index in [0.717, 1.165) is 22.2 Å². The average Bonchev–Trinajstić information content (AvgIpc) is 2.92. The molecule has 0 bridgehead atoms. The van der Waals surface area contributed by atoms with Crippen molar-refractivity contribution in [3.8, 4) is 11.5 Å². The van der Waals surface area contributed by atoms with Gasteiger partial charge in [0.1, 0.15) is 23.1 Å². The van der Waals surface area contributed by atoms with Gasteiger partial charge in [-0.2, -0.15) is 4.37 Å². The first-order chi connectivity index (χ1) is 10.7. The molecule has 118 valence electrons. The van der Waals surface area contributed by atoms with Gasteiger partial charge in [-0.25, -0.2) is 0 Å². The van der Waals surface area contributed by atoms with Crippen LogP contribution < -0.4 is 20.1 Å². The summed E-state index contributed by atoms with van der Waals surface area (Å²) >= 11 is 1.28. The van der Waals surface area contributed by atoms with Gasteiger partial charge in [0.25, 0.3) is 5.91 Å². The Balaban J connectivity index is 1.80. The molecule has 22 heavy (non-hydrogen) atoms. The van der Waals surface area contributed by atoms with Gasteiger partial charge in [-0.3, -0.25) is 4.79 Å². The summed E-state index contributed by atoms with van der Waals surface area (Å²) in [6.45, 7) is 2.63. The van der Waals surface area contributed by atoms with E-state index in [1.807, 2.05) is 31.2 Å². The Morgan fingerprint density at radius 2 is 1.95 bits per heavy atom. The van der Waals surface area contributed by atoms with Crippen LogP contribution in [0.5, 0.6) is 11.5 Å². The molecule has 2 aromatic rings. The molecule has 2 N–H and O–H groups in total. The Labute approximate surface area is 133 Å². The van der Waals surface area contributed by atoms with E-state index in [9.17, 15) is 4.79 Å². The SMILES string of the molecule is CNc1snc(C)c1C(=O)NCCOc1ccc(OC)cc1. The van der Waals surface area contributed by atoms with E-state index < -0.39 is 0 Å². The maximum atomic E-state index is 12.1. The molecule has 0 saturated carbocycles. The second-order valence-corrected chi connectivity index (χ2v) is 5.28. The smallest absolute Gasteiger partial charge is 0.256 e. The quantitative estimate of drug-likeness (QED) is 0.766. The van der Waals surface area contributed by atoms with E-state index in [2.05, 4.69) is 15.0 Å². The van der Waals surface area contributed by atoms with E-state index in [1.165, 1.54) is 11.5 Å². The molecule has 0 saturated heterocycles. The molecule has 7 heteroatoms. The van der Waals surface area contributed by atoms with Gasteiger partial charge in [0.2, 0.25) is 0 Å². The van der Waals surface area contributed by atoms with Crippen molar-refractivity contribution in [2.75, 3.05) is 32.6 Å². The van der Waals surface area contributed by atoms with E-state index >= 15 is 0 Å². The van der Waals surface area contributed by atoms with E-state index in [1.54, 1.807) is 14.2 Å². The van der Waals surface area contributed by atoms with Crippen LogP contribution in [0, 0.1) is 6.92 Å². The lowest BCUT2D eigenvalue weighted by Crippen LogP contribution is -2.28. The third-order valence-corrected chi connectivity index (χ3v) is 3.99. The summed E-state index contributed by atoms with van der Waals surface area (Å²) < 4.78 is 14.8. The third-order valence-electron chi connectivity index (χ3n) is 3.03. The van der Waals surface area contributed by atoms with Crippen molar-refractivity contribution in [1.82, 2.24) is 9.69 Å². The minimum atomic E-state index is -0.145. The standard InChI is InChI=1S/C15H19N3O3S/c1-10-13(15(16-2)22-18-10)14(19)17-8-9-21-12-6-4-11(20-3)5-7-12/h4-7,16H,8-9H2,1-3H3,(H,17,19). The molecule has 0 radical (unpaired) electrons. The zero-order valence-electron chi connectivity index (χ0n) is 12.8. The van der Waals surface area contributed by atoms with Crippen LogP contribution in [0.2, 0.25) is 0 Å². The molecule has 0 unspecified atom stereocenters. The molecule has 1 aromatic heterocycles. The highest BCUT2D eigenvalue weighted by Gasteiger charge is 2.16. The minimum Gasteiger partial charge on any atom is -0.497 e. The number of ether oxygens (including phenoxy) is 2. The van der Waals surface area contributed by atoms with Crippen molar-refractivity contribution in [2.45, 2.75) is 6.92 Å². The van der Waals surface area contributed by atoms with Crippen molar-refractivity contribution in [3.05, 3.63) is 35.5 Å². The number of nitrogens with one attached hydrogen (secondary N) is 2. The lowest BCUT2D eigenvalue weighted by Gasteiger charge is -2.09. The molecule has 0 aliphatic heterocycles. The topological polar surface area (TPSA) is 72.5 Å². The van der Waals surface area contributed by atoms with Gasteiger partial charge in [-0.1, -0.05) is 0 Å². The molecule has 1 aromatic carbocycles. The van der Waals surface area contributed by atoms with Crippen LogP contribution in [-0.2, 0) is 0 Å². The fourth-order valence-electron chi connectivity index (χ4n) is 1.90. The molecule has 1 amide bonds. The van der Waals surface area contributed by atoms with Gasteiger partial charge in [-0.15, -0.1) is 0 Å². The minimum absolute atomic E-state index is 0.145. The van der Waals surface area contributed by atoms with E-state index in [0.29, 0.717) is 18.7 Å². The van der Waals surface area contributed by atoms with Crippen molar-refractivity contribution >= 4 is 22.4 Å². The fourth-order valence-corrected chi connectivity index (χ4v) is 2.64. The van der Waals surface area contributed by atoms with Crippen LogP contribution in [-0.4, -0.2) is 37.6 Å². The Hall–Kier alpha value is -2.28. The summed E-state index contributed by atoms with van der Waals surface area (Å²) in [5.74, 6) is 1.37. The maximum absolute atomic E-state index is 12.1. The second kappa shape index (κ2) is 7.65. The number of aryl methyl sites for hydroxylation is 1. The van der Waals surface area contributed by atoms with Crippen LogP contribution in [0.1, 0.15) is 16.1 Å². The van der Waals surface area contributed by atoms with Crippen LogP contribution >= 0.6 is 11.5 Å². The highest BCUT2D eigenvalue weighted by molar-refractivity contribution is 7.10. The van der Waals surface area contributed by atoms with E-state index in [4.69, 9.17) is 9.47 Å². The Bertz CT molecular complexity index is 625. The highest BCUT2D eigenvalue weighted by atomic mass is 32.1. The summed E-state index contributed by atoms with van der Waals surface area (Å²) in [6, 6.07) is 7.31. The van der Waals surface area contributed by atoms with Crippen molar-refractivity contribution in [1.29, 1.82) is 0 Å². The summed E-state index contributed by atoms with van der Waals surface area (Å²) in [5.41, 5.74) is 1.32. The predicted octanol–water partition coefficient (Wildman–Crippen LogP) is 2.31. The van der Waals surface area contributed by atoms with Gasteiger partial charge in [0, 0.05) is 7.05 Å². The molecule has 1 heterocycles. The fraction of sp³-hybridized carbons (Fsp3) is 0.333. The number of hydrogen-bond acceptors (Lipinski definition) is 6. The number of methoxy groups -OCH3 is 1. The van der Waals surface area contributed by atoms with Gasteiger partial charge < -0.3 is 20.1 Å². The molecular weight excluding hydrogens is 302 g/mol.